The number of pyridine rings is 1. The van der Waals surface area contributed by atoms with Gasteiger partial charge in [0.1, 0.15) is 17.7 Å². The average Bonchev–Trinajstić information content (AvgIpc) is 2.37. The molecule has 0 radical (unpaired) electrons. The Kier molecular flexibility index (Phi) is 3.71. The normalized spacial score (nSPS) is 13.3. The maximum atomic E-state index is 13.6. The van der Waals surface area contributed by atoms with Crippen LogP contribution in [0.1, 0.15) is 22.8 Å². The lowest BCUT2D eigenvalue weighted by molar-refractivity contribution is -0.137. The van der Waals surface area contributed by atoms with E-state index in [0.29, 0.717) is 18.2 Å². The summed E-state index contributed by atoms with van der Waals surface area (Å²) in [5, 5.41) is 9.87. The molecule has 1 unspecified atom stereocenters. The van der Waals surface area contributed by atoms with Gasteiger partial charge in [0, 0.05) is 17.3 Å². The summed E-state index contributed by atoms with van der Waals surface area (Å²) in [5.41, 5.74) is -2.12. The SMILES string of the molecule is OC(c1ccncc1F)c1cc(C(F)(F)F)ccc1F. The van der Waals surface area contributed by atoms with Crippen LogP contribution in [0.2, 0.25) is 0 Å². The number of alkyl halides is 3. The highest BCUT2D eigenvalue weighted by Crippen LogP contribution is 2.33. The van der Waals surface area contributed by atoms with Gasteiger partial charge in [0.05, 0.1) is 11.8 Å². The van der Waals surface area contributed by atoms with Crippen LogP contribution < -0.4 is 0 Å². The fourth-order valence-corrected chi connectivity index (χ4v) is 1.70. The van der Waals surface area contributed by atoms with Gasteiger partial charge < -0.3 is 5.11 Å². The lowest BCUT2D eigenvalue weighted by atomic mass is 9.99. The van der Waals surface area contributed by atoms with Crippen molar-refractivity contribution in [2.24, 2.45) is 0 Å². The summed E-state index contributed by atoms with van der Waals surface area (Å²) in [6.45, 7) is 0. The van der Waals surface area contributed by atoms with Crippen LogP contribution in [0.4, 0.5) is 22.0 Å². The topological polar surface area (TPSA) is 33.1 Å². The first kappa shape index (κ1) is 14.4. The van der Waals surface area contributed by atoms with Crippen molar-refractivity contribution in [1.29, 1.82) is 0 Å². The van der Waals surface area contributed by atoms with Gasteiger partial charge in [-0.05, 0) is 24.3 Å². The minimum Gasteiger partial charge on any atom is -0.383 e. The summed E-state index contributed by atoms with van der Waals surface area (Å²) < 4.78 is 64.7. The Labute approximate surface area is 110 Å². The van der Waals surface area contributed by atoms with Gasteiger partial charge in [-0.3, -0.25) is 4.98 Å². The summed E-state index contributed by atoms with van der Waals surface area (Å²) in [6, 6.07) is 2.66. The highest BCUT2D eigenvalue weighted by atomic mass is 19.4. The zero-order valence-electron chi connectivity index (χ0n) is 9.83. The molecule has 2 aromatic rings. The Morgan fingerprint density at radius 3 is 2.30 bits per heavy atom. The highest BCUT2D eigenvalue weighted by Gasteiger charge is 2.32. The van der Waals surface area contributed by atoms with E-state index in [1.807, 2.05) is 0 Å². The number of benzene rings is 1. The molecular formula is C13H8F5NO. The maximum absolute atomic E-state index is 13.6. The Morgan fingerprint density at radius 2 is 1.70 bits per heavy atom. The molecule has 0 saturated heterocycles. The number of hydrogen-bond acceptors (Lipinski definition) is 2. The average molecular weight is 289 g/mol. The summed E-state index contributed by atoms with van der Waals surface area (Å²) in [5.74, 6) is -1.99. The Bertz CT molecular complexity index is 626. The van der Waals surface area contributed by atoms with E-state index in [0.717, 1.165) is 18.5 Å². The summed E-state index contributed by atoms with van der Waals surface area (Å²) in [7, 11) is 0. The minimum absolute atomic E-state index is 0.349. The second-order valence-corrected chi connectivity index (χ2v) is 4.03. The fourth-order valence-electron chi connectivity index (χ4n) is 1.70. The van der Waals surface area contributed by atoms with Crippen molar-refractivity contribution >= 4 is 0 Å². The molecule has 2 rings (SSSR count). The molecule has 1 aromatic heterocycles. The molecule has 7 heteroatoms. The molecule has 0 amide bonds. The van der Waals surface area contributed by atoms with E-state index in [4.69, 9.17) is 0 Å². The summed E-state index contributed by atoms with van der Waals surface area (Å²) in [6.07, 6.45) is -4.60. The largest absolute Gasteiger partial charge is 0.416 e. The second-order valence-electron chi connectivity index (χ2n) is 4.03. The molecule has 0 fully saturated rings. The number of hydrogen-bond donors (Lipinski definition) is 1. The van der Waals surface area contributed by atoms with Crippen LogP contribution in [0.25, 0.3) is 0 Å². The molecular weight excluding hydrogens is 281 g/mol. The van der Waals surface area contributed by atoms with E-state index < -0.39 is 35.0 Å². The monoisotopic (exact) mass is 289 g/mol. The minimum atomic E-state index is -4.68. The van der Waals surface area contributed by atoms with Gasteiger partial charge in [0.15, 0.2) is 0 Å². The number of aromatic nitrogens is 1. The molecule has 0 saturated carbocycles. The number of aliphatic hydroxyl groups is 1. The van der Waals surface area contributed by atoms with Crippen LogP contribution in [0.3, 0.4) is 0 Å². The summed E-state index contributed by atoms with van der Waals surface area (Å²) >= 11 is 0. The quantitative estimate of drug-likeness (QED) is 0.859. The number of rotatable bonds is 2. The van der Waals surface area contributed by atoms with Gasteiger partial charge in [0.25, 0.3) is 0 Å². The molecule has 106 valence electrons. The number of halogens is 5. The zero-order chi connectivity index (χ0) is 14.9. The van der Waals surface area contributed by atoms with Crippen molar-refractivity contribution in [3.8, 4) is 0 Å². The van der Waals surface area contributed by atoms with Gasteiger partial charge in [-0.15, -0.1) is 0 Å². The van der Waals surface area contributed by atoms with Crippen molar-refractivity contribution < 1.29 is 27.1 Å². The van der Waals surface area contributed by atoms with E-state index in [1.165, 1.54) is 0 Å². The van der Waals surface area contributed by atoms with Gasteiger partial charge in [0.2, 0.25) is 0 Å². The molecule has 1 aromatic carbocycles. The van der Waals surface area contributed by atoms with E-state index in [9.17, 15) is 27.1 Å². The van der Waals surface area contributed by atoms with Crippen LogP contribution in [0, 0.1) is 11.6 Å². The zero-order valence-corrected chi connectivity index (χ0v) is 9.83. The van der Waals surface area contributed by atoms with E-state index in [1.54, 1.807) is 0 Å². The predicted octanol–water partition coefficient (Wildman–Crippen LogP) is 3.46. The fraction of sp³-hybridized carbons (Fsp3) is 0.154. The Balaban J connectivity index is 2.50. The lowest BCUT2D eigenvalue weighted by Crippen LogP contribution is -2.10. The standard InChI is InChI=1S/C13H8F5NO/c14-10-2-1-7(13(16,17)18)5-9(10)12(20)8-3-4-19-6-11(8)15/h1-6,12,20H. The molecule has 1 atom stereocenters. The van der Waals surface area contributed by atoms with Crippen LogP contribution in [0.5, 0.6) is 0 Å². The van der Waals surface area contributed by atoms with Crippen molar-refractivity contribution in [1.82, 2.24) is 4.98 Å². The molecule has 2 nitrogen and oxygen atoms in total. The molecule has 1 N–H and O–H groups in total. The first-order valence-corrected chi connectivity index (χ1v) is 5.45. The smallest absolute Gasteiger partial charge is 0.383 e. The van der Waals surface area contributed by atoms with Crippen molar-refractivity contribution in [3.05, 3.63) is 65.0 Å². The van der Waals surface area contributed by atoms with Gasteiger partial charge in [-0.2, -0.15) is 13.2 Å². The van der Waals surface area contributed by atoms with Crippen LogP contribution in [-0.4, -0.2) is 10.1 Å². The van der Waals surface area contributed by atoms with Crippen molar-refractivity contribution in [2.45, 2.75) is 12.3 Å². The van der Waals surface area contributed by atoms with E-state index in [-0.39, 0.29) is 5.56 Å². The third-order valence-corrected chi connectivity index (χ3v) is 2.72. The second kappa shape index (κ2) is 5.16. The van der Waals surface area contributed by atoms with Crippen LogP contribution >= 0.6 is 0 Å². The van der Waals surface area contributed by atoms with E-state index >= 15 is 0 Å². The van der Waals surface area contributed by atoms with Crippen LogP contribution in [0.15, 0.2) is 36.7 Å². The molecule has 0 bridgehead atoms. The molecule has 0 aliphatic carbocycles. The molecule has 0 aliphatic heterocycles. The third-order valence-electron chi connectivity index (χ3n) is 2.72. The molecule has 1 heterocycles. The van der Waals surface area contributed by atoms with Crippen molar-refractivity contribution in [2.75, 3.05) is 0 Å². The van der Waals surface area contributed by atoms with Crippen LogP contribution in [-0.2, 0) is 6.18 Å². The predicted molar refractivity (Wildman–Crippen MR) is 59.7 cm³/mol. The number of nitrogens with zero attached hydrogens (tertiary/aromatic N) is 1. The third kappa shape index (κ3) is 2.77. The summed E-state index contributed by atoms with van der Waals surface area (Å²) in [4.78, 5) is 3.44. The first-order chi connectivity index (χ1) is 9.30. The van der Waals surface area contributed by atoms with E-state index in [2.05, 4.69) is 4.98 Å². The van der Waals surface area contributed by atoms with Crippen molar-refractivity contribution in [3.63, 3.8) is 0 Å². The lowest BCUT2D eigenvalue weighted by Gasteiger charge is -2.15. The molecule has 20 heavy (non-hydrogen) atoms. The Morgan fingerprint density at radius 1 is 1.00 bits per heavy atom. The first-order valence-electron chi connectivity index (χ1n) is 5.45. The molecule has 0 aliphatic rings. The Hall–Kier alpha value is -2.02. The van der Waals surface area contributed by atoms with Gasteiger partial charge in [-0.25, -0.2) is 8.78 Å². The van der Waals surface area contributed by atoms with Gasteiger partial charge >= 0.3 is 6.18 Å². The highest BCUT2D eigenvalue weighted by molar-refractivity contribution is 5.34. The van der Waals surface area contributed by atoms with Gasteiger partial charge in [-0.1, -0.05) is 0 Å². The maximum Gasteiger partial charge on any atom is 0.416 e. The number of aliphatic hydroxyl groups excluding tert-OH is 1. The molecule has 0 spiro atoms.